The molecule has 0 spiro atoms. The Balaban J connectivity index is 1.39. The lowest BCUT2D eigenvalue weighted by molar-refractivity contribution is 0.0973. The summed E-state index contributed by atoms with van der Waals surface area (Å²) in [4.78, 5) is 17.6. The summed E-state index contributed by atoms with van der Waals surface area (Å²) >= 11 is 0. The van der Waals surface area contributed by atoms with Gasteiger partial charge in [-0.25, -0.2) is 4.68 Å². The van der Waals surface area contributed by atoms with Gasteiger partial charge in [0, 0.05) is 18.7 Å². The molecule has 0 saturated heterocycles. The molecule has 7 heteroatoms. The molecule has 0 radical (unpaired) electrons. The first-order valence-electron chi connectivity index (χ1n) is 11.7. The molecule has 1 aliphatic heterocycles. The second-order valence-corrected chi connectivity index (χ2v) is 9.44. The minimum absolute atomic E-state index is 0.0595. The number of hydrogen-bond acceptors (Lipinski definition) is 5. The average Bonchev–Trinajstić information content (AvgIpc) is 3.24. The van der Waals surface area contributed by atoms with Crippen molar-refractivity contribution in [3.05, 3.63) is 65.5 Å². The van der Waals surface area contributed by atoms with Crippen LogP contribution in [0.4, 0.5) is 5.69 Å². The molecule has 1 amide bonds. The third-order valence-electron chi connectivity index (χ3n) is 7.22. The van der Waals surface area contributed by atoms with Crippen molar-refractivity contribution < 1.29 is 9.53 Å². The second-order valence-electron chi connectivity index (χ2n) is 9.44. The van der Waals surface area contributed by atoms with Gasteiger partial charge in [-0.2, -0.15) is 0 Å². The van der Waals surface area contributed by atoms with Crippen LogP contribution in [0.1, 0.15) is 47.4 Å². The van der Waals surface area contributed by atoms with Gasteiger partial charge in [0.2, 0.25) is 0 Å². The molecule has 1 aromatic heterocycles. The van der Waals surface area contributed by atoms with E-state index in [0.717, 1.165) is 29.4 Å². The molecule has 1 saturated carbocycles. The first-order chi connectivity index (χ1) is 16.0. The zero-order valence-corrected chi connectivity index (χ0v) is 19.6. The Hall–Kier alpha value is -3.19. The van der Waals surface area contributed by atoms with Crippen molar-refractivity contribution in [3.8, 4) is 11.4 Å². The number of methoxy groups -OCH3 is 1. The van der Waals surface area contributed by atoms with Gasteiger partial charge < -0.3 is 14.5 Å². The Morgan fingerprint density at radius 1 is 1.03 bits per heavy atom. The van der Waals surface area contributed by atoms with Crippen LogP contribution >= 0.6 is 0 Å². The highest BCUT2D eigenvalue weighted by Crippen LogP contribution is 2.47. The molecule has 1 aliphatic carbocycles. The molecule has 0 atom stereocenters. The lowest BCUT2D eigenvalue weighted by Gasteiger charge is -2.43. The third kappa shape index (κ3) is 3.91. The summed E-state index contributed by atoms with van der Waals surface area (Å²) in [6.07, 6.45) is 5.66. The first-order valence-corrected chi connectivity index (χ1v) is 11.7. The minimum atomic E-state index is -0.0595. The molecule has 1 fully saturated rings. The number of ether oxygens (including phenoxy) is 1. The normalized spacial score (nSPS) is 17.1. The van der Waals surface area contributed by atoms with Gasteiger partial charge in [0.25, 0.3) is 5.91 Å². The van der Waals surface area contributed by atoms with Crippen LogP contribution in [0.3, 0.4) is 0 Å². The lowest BCUT2D eigenvalue weighted by Crippen LogP contribution is -2.39. The van der Waals surface area contributed by atoms with E-state index in [1.54, 1.807) is 11.8 Å². The molecule has 0 N–H and O–H groups in total. The van der Waals surface area contributed by atoms with Gasteiger partial charge in [-0.15, -0.1) is 5.10 Å². The number of rotatable bonds is 7. The van der Waals surface area contributed by atoms with E-state index in [1.165, 1.54) is 31.2 Å². The first kappa shape index (κ1) is 21.6. The fraction of sp³-hybridized carbons (Fsp3) is 0.423. The van der Waals surface area contributed by atoms with Crippen LogP contribution < -0.4 is 9.64 Å². The molecule has 0 bridgehead atoms. The highest BCUT2D eigenvalue weighted by molar-refractivity contribution is 6.07. The number of aromatic nitrogens is 3. The molecule has 7 nitrogen and oxygen atoms in total. The smallest absolute Gasteiger partial charge is 0.278 e. The summed E-state index contributed by atoms with van der Waals surface area (Å²) in [5.41, 5.74) is 4.70. The molecular weight excluding hydrogens is 414 g/mol. The van der Waals surface area contributed by atoms with Gasteiger partial charge in [0.05, 0.1) is 18.5 Å². The second kappa shape index (κ2) is 8.63. The summed E-state index contributed by atoms with van der Waals surface area (Å²) in [6, 6.07) is 16.2. The van der Waals surface area contributed by atoms with Crippen LogP contribution in [0.5, 0.6) is 5.75 Å². The van der Waals surface area contributed by atoms with E-state index in [0.29, 0.717) is 24.1 Å². The molecule has 5 rings (SSSR count). The number of hydrogen-bond donors (Lipinski definition) is 0. The Morgan fingerprint density at radius 2 is 1.73 bits per heavy atom. The van der Waals surface area contributed by atoms with Crippen LogP contribution in [0.2, 0.25) is 0 Å². The Bertz CT molecular complexity index is 1130. The van der Waals surface area contributed by atoms with Crippen molar-refractivity contribution in [2.24, 2.45) is 0 Å². The fourth-order valence-corrected chi connectivity index (χ4v) is 5.01. The van der Waals surface area contributed by atoms with E-state index in [1.807, 2.05) is 29.2 Å². The van der Waals surface area contributed by atoms with Crippen molar-refractivity contribution in [3.63, 3.8) is 0 Å². The topological polar surface area (TPSA) is 63.5 Å². The van der Waals surface area contributed by atoms with Gasteiger partial charge >= 0.3 is 0 Å². The number of anilines is 1. The van der Waals surface area contributed by atoms with Crippen LogP contribution in [0.25, 0.3) is 5.69 Å². The fourth-order valence-electron chi connectivity index (χ4n) is 5.01. The number of nitrogens with zero attached hydrogens (tertiary/aromatic N) is 5. The number of benzene rings is 2. The van der Waals surface area contributed by atoms with Gasteiger partial charge in [-0.3, -0.25) is 4.79 Å². The maximum atomic E-state index is 13.5. The summed E-state index contributed by atoms with van der Waals surface area (Å²) in [7, 11) is 5.91. The number of amides is 1. The molecule has 0 unspecified atom stereocenters. The standard InChI is InChI=1S/C26H31N5O2/c1-29(2)18-16-26(14-4-15-26)19-5-7-20(8-6-19)30-17-13-23-24(25(30)32)31(28-27-23)21-9-11-22(33-3)12-10-21/h5-12H,4,13-18H2,1-3H3. The predicted molar refractivity (Wildman–Crippen MR) is 128 cm³/mol. The van der Waals surface area contributed by atoms with E-state index >= 15 is 0 Å². The highest BCUT2D eigenvalue weighted by Gasteiger charge is 2.38. The maximum absolute atomic E-state index is 13.5. The molecular formula is C26H31N5O2. The van der Waals surface area contributed by atoms with Crippen LogP contribution in [-0.2, 0) is 11.8 Å². The van der Waals surface area contributed by atoms with Gasteiger partial charge in [0.15, 0.2) is 5.69 Å². The van der Waals surface area contributed by atoms with E-state index < -0.39 is 0 Å². The lowest BCUT2D eigenvalue weighted by atomic mass is 9.62. The quantitative estimate of drug-likeness (QED) is 0.553. The van der Waals surface area contributed by atoms with E-state index in [4.69, 9.17) is 4.74 Å². The zero-order valence-electron chi connectivity index (χ0n) is 19.6. The van der Waals surface area contributed by atoms with Crippen molar-refractivity contribution in [2.75, 3.05) is 39.2 Å². The van der Waals surface area contributed by atoms with Gasteiger partial charge in [-0.05, 0) is 87.3 Å². The molecule has 33 heavy (non-hydrogen) atoms. The summed E-state index contributed by atoms with van der Waals surface area (Å²) in [5, 5.41) is 8.56. The highest BCUT2D eigenvalue weighted by atomic mass is 16.5. The summed E-state index contributed by atoms with van der Waals surface area (Å²) in [5.74, 6) is 0.700. The van der Waals surface area contributed by atoms with Gasteiger partial charge in [-0.1, -0.05) is 23.8 Å². The van der Waals surface area contributed by atoms with E-state index in [-0.39, 0.29) is 5.91 Å². The number of carbonyl (C=O) groups excluding carboxylic acids is 1. The molecule has 2 heterocycles. The number of carbonyl (C=O) groups is 1. The number of fused-ring (bicyclic) bond motifs is 1. The third-order valence-corrected chi connectivity index (χ3v) is 7.22. The Kier molecular flexibility index (Phi) is 5.66. The van der Waals surface area contributed by atoms with Gasteiger partial charge in [0.1, 0.15) is 5.75 Å². The minimum Gasteiger partial charge on any atom is -0.497 e. The van der Waals surface area contributed by atoms with Crippen LogP contribution in [0.15, 0.2) is 48.5 Å². The summed E-state index contributed by atoms with van der Waals surface area (Å²) in [6.45, 7) is 1.70. The monoisotopic (exact) mass is 445 g/mol. The molecule has 172 valence electrons. The largest absolute Gasteiger partial charge is 0.497 e. The average molecular weight is 446 g/mol. The molecule has 2 aromatic carbocycles. The van der Waals surface area contributed by atoms with Crippen molar-refractivity contribution in [1.82, 2.24) is 19.9 Å². The molecule has 3 aromatic rings. The summed E-state index contributed by atoms with van der Waals surface area (Å²) < 4.78 is 6.89. The van der Waals surface area contributed by atoms with E-state index in [9.17, 15) is 4.79 Å². The molecule has 2 aliphatic rings. The zero-order chi connectivity index (χ0) is 23.0. The van der Waals surface area contributed by atoms with Crippen molar-refractivity contribution >= 4 is 11.6 Å². The van der Waals surface area contributed by atoms with Crippen LogP contribution in [-0.4, -0.2) is 60.1 Å². The van der Waals surface area contributed by atoms with Crippen molar-refractivity contribution in [2.45, 2.75) is 37.5 Å². The Morgan fingerprint density at radius 3 is 2.33 bits per heavy atom. The van der Waals surface area contributed by atoms with Crippen LogP contribution in [0, 0.1) is 0 Å². The SMILES string of the molecule is COc1ccc(-n2nnc3c2C(=O)N(c2ccc(C4(CCN(C)C)CCC4)cc2)CC3)cc1. The maximum Gasteiger partial charge on any atom is 0.278 e. The van der Waals surface area contributed by atoms with Crippen molar-refractivity contribution in [1.29, 1.82) is 0 Å². The van der Waals surface area contributed by atoms with E-state index in [2.05, 4.69) is 53.6 Å². The predicted octanol–water partition coefficient (Wildman–Crippen LogP) is 3.85. The Labute approximate surface area is 195 Å².